The molecule has 3 aromatic rings. The molecular weight excluding hydrogens is 813 g/mol. The first-order valence-corrected chi connectivity index (χ1v) is 23.7. The summed E-state index contributed by atoms with van der Waals surface area (Å²) in [7, 11) is 1.33. The molecule has 2 amide bonds. The lowest BCUT2D eigenvalue weighted by Crippen LogP contribution is -2.61. The average Bonchev–Trinajstić information content (AvgIpc) is 3.58. The average molecular weight is 887 g/mol. The van der Waals surface area contributed by atoms with E-state index in [-0.39, 0.29) is 29.8 Å². The van der Waals surface area contributed by atoms with E-state index < -0.39 is 29.7 Å². The minimum atomic E-state index is -0.963. The summed E-state index contributed by atoms with van der Waals surface area (Å²) < 4.78 is 25.3. The van der Waals surface area contributed by atoms with Gasteiger partial charge in [-0.15, -0.1) is 0 Å². The Bertz CT molecular complexity index is 2130. The fourth-order valence-corrected chi connectivity index (χ4v) is 9.77. The Kier molecular flexibility index (Phi) is 14.8. The first kappa shape index (κ1) is 47.5. The van der Waals surface area contributed by atoms with E-state index in [4.69, 9.17) is 23.9 Å². The fourth-order valence-electron chi connectivity index (χ4n) is 9.77. The smallest absolute Gasteiger partial charge is 0.408 e. The van der Waals surface area contributed by atoms with Crippen LogP contribution in [0, 0.1) is 5.41 Å². The molecule has 6 heterocycles. The van der Waals surface area contributed by atoms with Gasteiger partial charge in [-0.1, -0.05) is 41.0 Å². The van der Waals surface area contributed by atoms with Crippen molar-refractivity contribution < 1.29 is 33.3 Å². The van der Waals surface area contributed by atoms with Crippen LogP contribution in [0.25, 0.3) is 22.2 Å². The van der Waals surface area contributed by atoms with Crippen molar-refractivity contribution in [3.63, 3.8) is 0 Å². The number of hydrazine groups is 1. The van der Waals surface area contributed by atoms with Gasteiger partial charge >= 0.3 is 12.1 Å². The largest absolute Gasteiger partial charge is 0.468 e. The van der Waals surface area contributed by atoms with Crippen LogP contribution in [-0.4, -0.2) is 140 Å². The van der Waals surface area contributed by atoms with Crippen molar-refractivity contribution in [2.75, 3.05) is 82.5 Å². The molecule has 1 aromatic carbocycles. The number of rotatable bonds is 13. The highest BCUT2D eigenvalue weighted by Crippen LogP contribution is 2.43. The first-order valence-electron chi connectivity index (χ1n) is 23.7. The molecule has 0 unspecified atom stereocenters. The number of anilines is 2. The van der Waals surface area contributed by atoms with Gasteiger partial charge in [0.15, 0.2) is 0 Å². The zero-order valence-corrected chi connectivity index (χ0v) is 40.1. The molecule has 64 heavy (non-hydrogen) atoms. The third kappa shape index (κ3) is 10.8. The molecule has 7 rings (SSSR count). The number of benzene rings is 1. The second-order valence-electron chi connectivity index (χ2n) is 20.2. The van der Waals surface area contributed by atoms with E-state index in [1.165, 1.54) is 39.8 Å². The number of methoxy groups -OCH3 is 1. The number of hydrogen-bond acceptors (Lipinski definition) is 12. The lowest BCUT2D eigenvalue weighted by molar-refractivity contribution is -0.150. The topological polar surface area (TPSA) is 143 Å². The third-order valence-corrected chi connectivity index (χ3v) is 13.5. The highest BCUT2D eigenvalue weighted by Gasteiger charge is 2.37. The highest BCUT2D eigenvalue weighted by molar-refractivity contribution is 5.95. The van der Waals surface area contributed by atoms with Crippen LogP contribution < -0.4 is 20.5 Å². The van der Waals surface area contributed by atoms with Crippen molar-refractivity contribution in [3.05, 3.63) is 41.7 Å². The minimum absolute atomic E-state index is 0.0464. The maximum Gasteiger partial charge on any atom is 0.408 e. The Labute approximate surface area is 380 Å². The van der Waals surface area contributed by atoms with Gasteiger partial charge in [0.2, 0.25) is 0 Å². The van der Waals surface area contributed by atoms with Crippen molar-refractivity contribution in [2.24, 2.45) is 5.41 Å². The zero-order chi connectivity index (χ0) is 45.9. The number of nitrogens with zero attached hydrogens (tertiary/aromatic N) is 6. The maximum absolute atomic E-state index is 14.2. The van der Waals surface area contributed by atoms with Crippen LogP contribution >= 0.6 is 0 Å². The number of alkyl carbamates (subject to hydrolysis) is 1. The number of nitrogens with one attached hydrogen (secondary N) is 2. The number of ether oxygens (including phenoxy) is 4. The Balaban J connectivity index is 1.21. The number of piperazine rings is 1. The predicted octanol–water partition coefficient (Wildman–Crippen LogP) is 6.50. The van der Waals surface area contributed by atoms with Crippen LogP contribution in [0.3, 0.4) is 0 Å². The Morgan fingerprint density at radius 3 is 2.47 bits per heavy atom. The number of hydrogen-bond donors (Lipinski definition) is 2. The molecule has 0 spiro atoms. The van der Waals surface area contributed by atoms with Crippen molar-refractivity contribution in [1.29, 1.82) is 0 Å². The molecule has 352 valence electrons. The number of pyridine rings is 1. The highest BCUT2D eigenvalue weighted by atomic mass is 16.6. The summed E-state index contributed by atoms with van der Waals surface area (Å²) in [5, 5.41) is 5.51. The van der Waals surface area contributed by atoms with Crippen LogP contribution in [0.2, 0.25) is 0 Å². The van der Waals surface area contributed by atoms with Crippen LogP contribution in [0.1, 0.15) is 105 Å². The van der Waals surface area contributed by atoms with E-state index in [1.54, 1.807) is 20.8 Å². The van der Waals surface area contributed by atoms with Gasteiger partial charge in [0.25, 0.3) is 5.91 Å². The van der Waals surface area contributed by atoms with E-state index in [1.807, 2.05) is 0 Å². The molecule has 4 atom stereocenters. The summed E-state index contributed by atoms with van der Waals surface area (Å²) in [6.07, 6.45) is 4.33. The van der Waals surface area contributed by atoms with Crippen LogP contribution in [-0.2, 0) is 41.5 Å². The molecule has 15 nitrogen and oxygen atoms in total. The fraction of sp³-hybridized carbons (Fsp3) is 0.673. The normalized spacial score (nSPS) is 21.8. The van der Waals surface area contributed by atoms with Crippen LogP contribution in [0.15, 0.2) is 30.5 Å². The molecular formula is C49H74N8O7. The number of carbonyl (C=O) groups excluding carboxylic acids is 3. The molecule has 0 aliphatic carbocycles. The number of fused-ring (bicyclic) bond motifs is 2. The molecule has 4 aliphatic heterocycles. The number of aromatic nitrogens is 2. The quantitative estimate of drug-likeness (QED) is 0.181. The SMILES string of the molecule is CCn1c(-c2cc(N3CCN4CCOC[C@@H]4C3)cnc2C(C)C)c(CC(C)(C)CC)c2cc(N3CCO[C@@H](C[C@H](NC(=O)OC(C)(C)C)C(=O)N4CCC[C@@H](C(=O)OC)N4)C3)ccc21. The van der Waals surface area contributed by atoms with Gasteiger partial charge in [0.1, 0.15) is 17.7 Å². The van der Waals surface area contributed by atoms with Crippen molar-refractivity contribution >= 4 is 40.2 Å². The van der Waals surface area contributed by atoms with Gasteiger partial charge in [0, 0.05) is 80.9 Å². The molecule has 4 aliphatic rings. The molecule has 4 fully saturated rings. The summed E-state index contributed by atoms with van der Waals surface area (Å²) >= 11 is 0. The second kappa shape index (κ2) is 20.0. The maximum atomic E-state index is 14.2. The zero-order valence-electron chi connectivity index (χ0n) is 40.1. The van der Waals surface area contributed by atoms with Gasteiger partial charge in [-0.25, -0.2) is 10.2 Å². The summed E-state index contributed by atoms with van der Waals surface area (Å²) in [4.78, 5) is 52.4. The number of aryl methyl sites for hydroxylation is 1. The molecule has 2 N–H and O–H groups in total. The molecule has 0 radical (unpaired) electrons. The van der Waals surface area contributed by atoms with Crippen LogP contribution in [0.4, 0.5) is 16.2 Å². The van der Waals surface area contributed by atoms with E-state index in [0.717, 1.165) is 75.8 Å². The van der Waals surface area contributed by atoms with Crippen molar-refractivity contribution in [1.82, 2.24) is 30.2 Å². The number of morpholine rings is 2. The Hall–Kier alpha value is -4.44. The first-order chi connectivity index (χ1) is 30.5. The standard InChI is InChI=1S/C49H74N8O7/c1-11-49(8,9)27-39-37-24-33(55-21-23-63-36(30-55)26-41(51-47(60)64-48(5,6)7)45(58)57-17-13-14-40(52-57)46(59)61-10)15-16-42(37)56(12-2)44(39)38-25-34(28-50-43(38)32(3)4)54-19-18-53-20-22-62-31-35(53)29-54/h15-16,24-25,28,32,35-36,40-41,52H,11-14,17-23,26-27,29-31H2,1-10H3,(H,51,60)/t35-,36-,40-,41-/m0/s1. The van der Waals surface area contributed by atoms with E-state index >= 15 is 0 Å². The number of amides is 2. The van der Waals surface area contributed by atoms with Gasteiger partial charge in [-0.2, -0.15) is 0 Å². The Morgan fingerprint density at radius 1 is 0.969 bits per heavy atom. The Morgan fingerprint density at radius 2 is 1.75 bits per heavy atom. The van der Waals surface area contributed by atoms with E-state index in [2.05, 4.69) is 102 Å². The summed E-state index contributed by atoms with van der Waals surface area (Å²) in [6, 6.07) is 8.03. The second-order valence-corrected chi connectivity index (χ2v) is 20.2. The number of carbonyl (C=O) groups is 3. The monoisotopic (exact) mass is 887 g/mol. The minimum Gasteiger partial charge on any atom is -0.468 e. The molecule has 2 aromatic heterocycles. The van der Waals surface area contributed by atoms with E-state index in [9.17, 15) is 14.4 Å². The van der Waals surface area contributed by atoms with Crippen molar-refractivity contribution in [3.8, 4) is 11.3 Å². The lowest BCUT2D eigenvalue weighted by Gasteiger charge is -2.44. The summed E-state index contributed by atoms with van der Waals surface area (Å²) in [5.41, 5.74) is 10.7. The molecule has 0 saturated carbocycles. The summed E-state index contributed by atoms with van der Waals surface area (Å²) in [6.45, 7) is 27.4. The molecule has 15 heteroatoms. The van der Waals surface area contributed by atoms with Gasteiger partial charge in [-0.3, -0.25) is 24.5 Å². The summed E-state index contributed by atoms with van der Waals surface area (Å²) in [5.74, 6) is -0.568. The van der Waals surface area contributed by atoms with Crippen molar-refractivity contribution in [2.45, 2.75) is 137 Å². The molecule has 0 bridgehead atoms. The predicted molar refractivity (Wildman–Crippen MR) is 251 cm³/mol. The van der Waals surface area contributed by atoms with E-state index in [0.29, 0.717) is 45.1 Å². The third-order valence-electron chi connectivity index (χ3n) is 13.5. The van der Waals surface area contributed by atoms with Crippen LogP contribution in [0.5, 0.6) is 0 Å². The number of esters is 1. The van der Waals surface area contributed by atoms with Gasteiger partial charge in [-0.05, 0) is 88.1 Å². The van der Waals surface area contributed by atoms with Gasteiger partial charge < -0.3 is 38.6 Å². The molecule has 4 saturated heterocycles. The van der Waals surface area contributed by atoms with Gasteiger partial charge in [0.05, 0.1) is 62.3 Å². The lowest BCUT2D eigenvalue weighted by atomic mass is 9.81.